The monoisotopic (exact) mass is 412 g/mol. The molecule has 0 saturated heterocycles. The minimum absolute atomic E-state index is 0.00700. The van der Waals surface area contributed by atoms with Gasteiger partial charge in [-0.3, -0.25) is 9.69 Å². The lowest BCUT2D eigenvalue weighted by Crippen LogP contribution is -2.28. The summed E-state index contributed by atoms with van der Waals surface area (Å²) in [5.74, 6) is -0.608. The van der Waals surface area contributed by atoms with E-state index in [-0.39, 0.29) is 18.9 Å². The maximum absolute atomic E-state index is 13.2. The summed E-state index contributed by atoms with van der Waals surface area (Å²) in [6, 6.07) is 20.8. The van der Waals surface area contributed by atoms with Crippen LogP contribution in [0.2, 0.25) is 0 Å². The predicted octanol–water partition coefficient (Wildman–Crippen LogP) is 4.84. The second-order valence-electron chi connectivity index (χ2n) is 7.41. The standard InChI is InChI=1S/C25H20N2O4/c28-24(13-14-30-25(29)19-11-12-20-23(15-19)31-16-26-20)27-21-7-3-1-5-17(21)9-10-18-6-2-4-8-22(18)27/h1-8,11-12,15-16H,9-10,13-14H2. The van der Waals surface area contributed by atoms with E-state index < -0.39 is 5.97 Å². The van der Waals surface area contributed by atoms with Gasteiger partial charge in [-0.25, -0.2) is 9.78 Å². The van der Waals surface area contributed by atoms with E-state index in [0.717, 1.165) is 35.3 Å². The number of amides is 1. The Balaban J connectivity index is 1.32. The SMILES string of the molecule is O=C(OCCC(=O)N1c2ccccc2CCc2ccccc21)c1ccc2ncoc2c1. The molecule has 3 aromatic carbocycles. The summed E-state index contributed by atoms with van der Waals surface area (Å²) >= 11 is 0. The summed E-state index contributed by atoms with van der Waals surface area (Å²) in [7, 11) is 0. The number of hydrogen-bond acceptors (Lipinski definition) is 5. The van der Waals surface area contributed by atoms with Gasteiger partial charge in [0.2, 0.25) is 5.91 Å². The van der Waals surface area contributed by atoms with Crippen LogP contribution in [-0.2, 0) is 22.4 Å². The molecule has 1 aliphatic heterocycles. The summed E-state index contributed by atoms with van der Waals surface area (Å²) in [6.07, 6.45) is 3.15. The Morgan fingerprint density at radius 1 is 0.935 bits per heavy atom. The number of nitrogens with zero attached hydrogens (tertiary/aromatic N) is 2. The topological polar surface area (TPSA) is 72.6 Å². The molecule has 0 spiro atoms. The first-order valence-corrected chi connectivity index (χ1v) is 10.2. The Kier molecular flexibility index (Phi) is 4.96. The normalized spacial score (nSPS) is 12.7. The molecule has 0 unspecified atom stereocenters. The Morgan fingerprint density at radius 2 is 1.61 bits per heavy atom. The van der Waals surface area contributed by atoms with Gasteiger partial charge < -0.3 is 9.15 Å². The number of carbonyl (C=O) groups is 2. The van der Waals surface area contributed by atoms with Crippen molar-refractivity contribution in [2.45, 2.75) is 19.3 Å². The fraction of sp³-hybridized carbons (Fsp3) is 0.160. The molecule has 6 nitrogen and oxygen atoms in total. The number of carbonyl (C=O) groups excluding carboxylic acids is 2. The molecule has 0 atom stereocenters. The van der Waals surface area contributed by atoms with Gasteiger partial charge in [-0.1, -0.05) is 36.4 Å². The van der Waals surface area contributed by atoms with Gasteiger partial charge in [0.15, 0.2) is 12.0 Å². The number of rotatable bonds is 4. The van der Waals surface area contributed by atoms with Gasteiger partial charge in [0.1, 0.15) is 12.1 Å². The molecule has 4 aromatic rings. The fourth-order valence-corrected chi connectivity index (χ4v) is 3.96. The molecule has 0 fully saturated rings. The zero-order chi connectivity index (χ0) is 21.2. The van der Waals surface area contributed by atoms with E-state index >= 15 is 0 Å². The number of aromatic nitrogens is 1. The third-order valence-electron chi connectivity index (χ3n) is 5.49. The van der Waals surface area contributed by atoms with Crippen LogP contribution in [0.15, 0.2) is 77.5 Å². The highest BCUT2D eigenvalue weighted by Crippen LogP contribution is 2.36. The van der Waals surface area contributed by atoms with Crippen LogP contribution < -0.4 is 4.90 Å². The molecule has 6 heteroatoms. The molecule has 1 aromatic heterocycles. The molecule has 0 aliphatic carbocycles. The van der Waals surface area contributed by atoms with E-state index in [0.29, 0.717) is 16.7 Å². The molecule has 0 bridgehead atoms. The second-order valence-corrected chi connectivity index (χ2v) is 7.41. The van der Waals surface area contributed by atoms with Crippen LogP contribution in [0.3, 0.4) is 0 Å². The van der Waals surface area contributed by atoms with Crippen molar-refractivity contribution in [1.29, 1.82) is 0 Å². The zero-order valence-electron chi connectivity index (χ0n) is 16.8. The summed E-state index contributed by atoms with van der Waals surface area (Å²) in [5, 5.41) is 0. The minimum Gasteiger partial charge on any atom is -0.462 e. The largest absolute Gasteiger partial charge is 0.462 e. The number of benzene rings is 3. The van der Waals surface area contributed by atoms with Crippen LogP contribution in [0.5, 0.6) is 0 Å². The van der Waals surface area contributed by atoms with Gasteiger partial charge in [0, 0.05) is 0 Å². The van der Waals surface area contributed by atoms with Gasteiger partial charge in [0.25, 0.3) is 0 Å². The van der Waals surface area contributed by atoms with Crippen molar-refractivity contribution in [2.75, 3.05) is 11.5 Å². The number of oxazole rings is 1. The molecule has 0 N–H and O–H groups in total. The number of ether oxygens (including phenoxy) is 1. The van der Waals surface area contributed by atoms with Crippen LogP contribution in [0, 0.1) is 0 Å². The molecule has 1 aliphatic rings. The maximum atomic E-state index is 13.2. The summed E-state index contributed by atoms with van der Waals surface area (Å²) in [4.78, 5) is 31.4. The second kappa shape index (κ2) is 8.07. The van der Waals surface area contributed by atoms with Crippen molar-refractivity contribution in [3.8, 4) is 0 Å². The van der Waals surface area contributed by atoms with Crippen LogP contribution in [0.25, 0.3) is 11.1 Å². The van der Waals surface area contributed by atoms with Gasteiger partial charge in [0.05, 0.1) is 23.4 Å². The molecule has 5 rings (SSSR count). The molecule has 2 heterocycles. The minimum atomic E-state index is -0.497. The lowest BCUT2D eigenvalue weighted by Gasteiger charge is -2.25. The van der Waals surface area contributed by atoms with E-state index in [9.17, 15) is 9.59 Å². The van der Waals surface area contributed by atoms with Crippen LogP contribution in [0.4, 0.5) is 11.4 Å². The average Bonchev–Trinajstić information content (AvgIpc) is 3.20. The quantitative estimate of drug-likeness (QED) is 0.449. The van der Waals surface area contributed by atoms with E-state index in [1.54, 1.807) is 23.1 Å². The lowest BCUT2D eigenvalue weighted by atomic mass is 10.0. The highest BCUT2D eigenvalue weighted by atomic mass is 16.5. The van der Waals surface area contributed by atoms with Gasteiger partial charge in [-0.15, -0.1) is 0 Å². The van der Waals surface area contributed by atoms with Crippen molar-refractivity contribution in [3.63, 3.8) is 0 Å². The number of esters is 1. The molecule has 1 amide bonds. The molecule has 154 valence electrons. The molecular weight excluding hydrogens is 392 g/mol. The lowest BCUT2D eigenvalue weighted by molar-refractivity contribution is -0.118. The Bertz CT molecular complexity index is 1230. The smallest absolute Gasteiger partial charge is 0.338 e. The number of para-hydroxylation sites is 2. The number of hydrogen-bond donors (Lipinski definition) is 0. The Morgan fingerprint density at radius 3 is 2.32 bits per heavy atom. The molecular formula is C25H20N2O4. The number of anilines is 2. The molecule has 31 heavy (non-hydrogen) atoms. The third-order valence-corrected chi connectivity index (χ3v) is 5.49. The first-order chi connectivity index (χ1) is 15.2. The molecule has 0 saturated carbocycles. The van der Waals surface area contributed by atoms with E-state index in [1.165, 1.54) is 6.39 Å². The maximum Gasteiger partial charge on any atom is 0.338 e. The predicted molar refractivity (Wildman–Crippen MR) is 116 cm³/mol. The Labute approximate surface area is 179 Å². The van der Waals surface area contributed by atoms with Gasteiger partial charge >= 0.3 is 5.97 Å². The summed E-state index contributed by atoms with van der Waals surface area (Å²) in [5.41, 5.74) is 5.59. The van der Waals surface area contributed by atoms with Crippen molar-refractivity contribution < 1.29 is 18.7 Å². The Hall–Kier alpha value is -3.93. The third kappa shape index (κ3) is 3.68. The van der Waals surface area contributed by atoms with E-state index in [2.05, 4.69) is 17.1 Å². The van der Waals surface area contributed by atoms with Crippen molar-refractivity contribution in [2.24, 2.45) is 0 Å². The number of aryl methyl sites for hydroxylation is 2. The van der Waals surface area contributed by atoms with Crippen LogP contribution in [0.1, 0.15) is 27.9 Å². The first kappa shape index (κ1) is 19.1. The van der Waals surface area contributed by atoms with Crippen molar-refractivity contribution in [3.05, 3.63) is 89.8 Å². The van der Waals surface area contributed by atoms with Crippen molar-refractivity contribution >= 4 is 34.4 Å². The van der Waals surface area contributed by atoms with Gasteiger partial charge in [-0.2, -0.15) is 0 Å². The van der Waals surface area contributed by atoms with Gasteiger partial charge in [-0.05, 0) is 54.3 Å². The van der Waals surface area contributed by atoms with Crippen LogP contribution in [-0.4, -0.2) is 23.5 Å². The summed E-state index contributed by atoms with van der Waals surface area (Å²) < 4.78 is 10.6. The van der Waals surface area contributed by atoms with E-state index in [1.807, 2.05) is 36.4 Å². The van der Waals surface area contributed by atoms with E-state index in [4.69, 9.17) is 9.15 Å². The summed E-state index contributed by atoms with van der Waals surface area (Å²) in [6.45, 7) is -0.00700. The van der Waals surface area contributed by atoms with Crippen LogP contribution >= 0.6 is 0 Å². The van der Waals surface area contributed by atoms with Crippen molar-refractivity contribution in [1.82, 2.24) is 4.98 Å². The average molecular weight is 412 g/mol. The zero-order valence-corrected chi connectivity index (χ0v) is 16.8. The number of fused-ring (bicyclic) bond motifs is 3. The fourth-order valence-electron chi connectivity index (χ4n) is 3.96. The first-order valence-electron chi connectivity index (χ1n) is 10.2. The highest BCUT2D eigenvalue weighted by Gasteiger charge is 2.25. The highest BCUT2D eigenvalue weighted by molar-refractivity contribution is 6.02. The molecule has 0 radical (unpaired) electrons.